The summed E-state index contributed by atoms with van der Waals surface area (Å²) in [6.07, 6.45) is 7.41. The smallest absolute Gasteiger partial charge is 0.250 e. The maximum Gasteiger partial charge on any atom is 0.250 e. The Kier molecular flexibility index (Phi) is 8.41. The molecule has 1 saturated carbocycles. The lowest BCUT2D eigenvalue weighted by Gasteiger charge is -2.25. The topological polar surface area (TPSA) is 90.6 Å². The Balaban J connectivity index is 1.45. The van der Waals surface area contributed by atoms with E-state index in [0.29, 0.717) is 23.1 Å². The largest absolute Gasteiger partial charge is 0.497 e. The highest BCUT2D eigenvalue weighted by Gasteiger charge is 2.24. The van der Waals surface area contributed by atoms with Gasteiger partial charge >= 0.3 is 0 Å². The van der Waals surface area contributed by atoms with Crippen molar-refractivity contribution in [2.24, 2.45) is 5.10 Å². The summed E-state index contributed by atoms with van der Waals surface area (Å²) >= 11 is 1.39. The van der Waals surface area contributed by atoms with E-state index in [1.807, 2.05) is 0 Å². The van der Waals surface area contributed by atoms with Gasteiger partial charge in [-0.15, -0.1) is 10.2 Å². The van der Waals surface area contributed by atoms with E-state index >= 15 is 0 Å². The highest BCUT2D eigenvalue weighted by molar-refractivity contribution is 7.99. The first kappa shape index (κ1) is 24.8. The number of nitrogens with zero attached hydrogens (tertiary/aromatic N) is 4. The zero-order valence-corrected chi connectivity index (χ0v) is 21.2. The lowest BCUT2D eigenvalue weighted by molar-refractivity contribution is -0.118. The first-order valence-electron chi connectivity index (χ1n) is 11.8. The standard InChI is InChI=1S/C26H31N5O3S/c1-18-9-11-19(12-10-18)25-29-30-26(31(25)21-7-5-4-6-8-21)35-17-24(32)28-27-16-20-15-22(33-2)13-14-23(20)34-3/h9-16,21H,4-8,17H2,1-3H3,(H,28,32)/b27-16+. The van der Waals surface area contributed by atoms with Crippen molar-refractivity contribution in [1.29, 1.82) is 0 Å². The Hall–Kier alpha value is -3.33. The van der Waals surface area contributed by atoms with Gasteiger partial charge in [-0.3, -0.25) is 9.36 Å². The van der Waals surface area contributed by atoms with E-state index in [0.717, 1.165) is 29.4 Å². The predicted octanol–water partition coefficient (Wildman–Crippen LogP) is 5.02. The van der Waals surface area contributed by atoms with E-state index in [9.17, 15) is 4.79 Å². The molecule has 0 bridgehead atoms. The molecule has 0 spiro atoms. The molecular weight excluding hydrogens is 462 g/mol. The number of amides is 1. The van der Waals surface area contributed by atoms with Gasteiger partial charge < -0.3 is 9.47 Å². The van der Waals surface area contributed by atoms with Crippen molar-refractivity contribution in [2.45, 2.75) is 50.2 Å². The summed E-state index contributed by atoms with van der Waals surface area (Å²) in [6, 6.07) is 14.1. The van der Waals surface area contributed by atoms with Gasteiger partial charge in [0.05, 0.1) is 26.2 Å². The third-order valence-electron chi connectivity index (χ3n) is 6.08. The second-order valence-electron chi connectivity index (χ2n) is 8.52. The van der Waals surface area contributed by atoms with Crippen LogP contribution in [-0.2, 0) is 4.79 Å². The molecule has 1 amide bonds. The number of rotatable bonds is 9. The van der Waals surface area contributed by atoms with Gasteiger partial charge in [0.1, 0.15) is 11.5 Å². The molecule has 0 atom stereocenters. The molecule has 8 nitrogen and oxygen atoms in total. The second kappa shape index (κ2) is 11.9. The molecule has 0 aliphatic heterocycles. The SMILES string of the molecule is COc1ccc(OC)c(/C=N/NC(=O)CSc2nnc(-c3ccc(C)cc3)n2C2CCCCC2)c1. The van der Waals surface area contributed by atoms with Crippen LogP contribution in [0.5, 0.6) is 11.5 Å². The van der Waals surface area contributed by atoms with Gasteiger partial charge in [-0.1, -0.05) is 60.9 Å². The zero-order valence-electron chi connectivity index (χ0n) is 20.4. The fourth-order valence-electron chi connectivity index (χ4n) is 4.22. The van der Waals surface area contributed by atoms with Gasteiger partial charge in [0.2, 0.25) is 0 Å². The van der Waals surface area contributed by atoms with Crippen molar-refractivity contribution in [3.05, 3.63) is 53.6 Å². The fourth-order valence-corrected chi connectivity index (χ4v) is 5.02. The first-order chi connectivity index (χ1) is 17.1. The summed E-state index contributed by atoms with van der Waals surface area (Å²) in [5, 5.41) is 13.8. The summed E-state index contributed by atoms with van der Waals surface area (Å²) in [4.78, 5) is 12.5. The van der Waals surface area contributed by atoms with Crippen LogP contribution in [0.1, 0.15) is 49.3 Å². The van der Waals surface area contributed by atoms with Gasteiger partial charge in [-0.05, 0) is 38.0 Å². The molecule has 184 valence electrons. The lowest BCUT2D eigenvalue weighted by Crippen LogP contribution is -2.20. The third-order valence-corrected chi connectivity index (χ3v) is 7.02. The fraction of sp³-hybridized carbons (Fsp3) is 0.385. The van der Waals surface area contributed by atoms with E-state index in [4.69, 9.17) is 9.47 Å². The molecule has 1 aliphatic rings. The zero-order chi connectivity index (χ0) is 24.6. The minimum absolute atomic E-state index is 0.186. The van der Waals surface area contributed by atoms with Crippen molar-refractivity contribution < 1.29 is 14.3 Å². The number of carbonyl (C=O) groups excluding carboxylic acids is 1. The number of methoxy groups -OCH3 is 2. The molecule has 2 aromatic carbocycles. The van der Waals surface area contributed by atoms with E-state index < -0.39 is 0 Å². The summed E-state index contributed by atoms with van der Waals surface area (Å²) in [7, 11) is 3.18. The molecule has 9 heteroatoms. The maximum absolute atomic E-state index is 12.5. The van der Waals surface area contributed by atoms with E-state index in [1.165, 1.54) is 36.6 Å². The summed E-state index contributed by atoms with van der Waals surface area (Å²) in [6.45, 7) is 2.07. The van der Waals surface area contributed by atoms with Crippen LogP contribution < -0.4 is 14.9 Å². The minimum atomic E-state index is -0.219. The number of hydrazone groups is 1. The Labute approximate surface area is 210 Å². The number of ether oxygens (including phenoxy) is 2. The number of hydrogen-bond donors (Lipinski definition) is 1. The van der Waals surface area contributed by atoms with Gasteiger partial charge in [0, 0.05) is 17.2 Å². The number of nitrogens with one attached hydrogen (secondary N) is 1. The number of benzene rings is 2. The molecule has 1 fully saturated rings. The number of aromatic nitrogens is 3. The number of hydrogen-bond acceptors (Lipinski definition) is 7. The molecule has 0 saturated heterocycles. The van der Waals surface area contributed by atoms with Gasteiger partial charge in [0.15, 0.2) is 11.0 Å². The molecule has 4 rings (SSSR count). The molecule has 35 heavy (non-hydrogen) atoms. The Bertz CT molecular complexity index is 1170. The quantitative estimate of drug-likeness (QED) is 0.256. The molecule has 3 aromatic rings. The Morgan fingerprint density at radius 2 is 1.89 bits per heavy atom. The number of carbonyl (C=O) groups is 1. The Morgan fingerprint density at radius 1 is 1.11 bits per heavy atom. The van der Waals surface area contributed by atoms with Gasteiger partial charge in [-0.25, -0.2) is 5.43 Å². The van der Waals surface area contributed by atoms with Crippen LogP contribution in [0.4, 0.5) is 0 Å². The average molecular weight is 494 g/mol. The average Bonchev–Trinajstić information content (AvgIpc) is 3.32. The summed E-state index contributed by atoms with van der Waals surface area (Å²) in [5.74, 6) is 2.15. The molecule has 1 aromatic heterocycles. The van der Waals surface area contributed by atoms with Crippen molar-refractivity contribution in [2.75, 3.05) is 20.0 Å². The summed E-state index contributed by atoms with van der Waals surface area (Å²) in [5.41, 5.74) is 5.55. The minimum Gasteiger partial charge on any atom is -0.497 e. The van der Waals surface area contributed by atoms with Crippen LogP contribution in [0.3, 0.4) is 0 Å². The van der Waals surface area contributed by atoms with Crippen LogP contribution in [0, 0.1) is 6.92 Å². The first-order valence-corrected chi connectivity index (χ1v) is 12.8. The Morgan fingerprint density at radius 3 is 2.60 bits per heavy atom. The van der Waals surface area contributed by atoms with E-state index in [-0.39, 0.29) is 11.7 Å². The van der Waals surface area contributed by atoms with Crippen molar-refractivity contribution in [3.8, 4) is 22.9 Å². The molecule has 1 heterocycles. The molecule has 0 unspecified atom stereocenters. The van der Waals surface area contributed by atoms with Crippen molar-refractivity contribution in [3.63, 3.8) is 0 Å². The predicted molar refractivity (Wildman–Crippen MR) is 138 cm³/mol. The van der Waals surface area contributed by atoms with Gasteiger partial charge in [0.25, 0.3) is 5.91 Å². The highest BCUT2D eigenvalue weighted by atomic mass is 32.2. The van der Waals surface area contributed by atoms with Gasteiger partial charge in [-0.2, -0.15) is 5.10 Å². The van der Waals surface area contributed by atoms with Crippen LogP contribution in [0.25, 0.3) is 11.4 Å². The lowest BCUT2D eigenvalue weighted by atomic mass is 9.95. The second-order valence-corrected chi connectivity index (χ2v) is 9.47. The third kappa shape index (κ3) is 6.22. The molecular formula is C26H31N5O3S. The van der Waals surface area contributed by atoms with Crippen LogP contribution >= 0.6 is 11.8 Å². The number of aryl methyl sites for hydroxylation is 1. The summed E-state index contributed by atoms with van der Waals surface area (Å²) < 4.78 is 12.8. The van der Waals surface area contributed by atoms with Crippen molar-refractivity contribution in [1.82, 2.24) is 20.2 Å². The van der Waals surface area contributed by atoms with Crippen LogP contribution in [0.15, 0.2) is 52.7 Å². The van der Waals surface area contributed by atoms with E-state index in [2.05, 4.69) is 56.5 Å². The van der Waals surface area contributed by atoms with Crippen molar-refractivity contribution >= 4 is 23.9 Å². The normalized spacial score (nSPS) is 14.3. The van der Waals surface area contributed by atoms with E-state index in [1.54, 1.807) is 38.6 Å². The molecule has 0 radical (unpaired) electrons. The highest BCUT2D eigenvalue weighted by Crippen LogP contribution is 2.35. The maximum atomic E-state index is 12.5. The number of thioether (sulfide) groups is 1. The van der Waals surface area contributed by atoms with Crippen LogP contribution in [0.2, 0.25) is 0 Å². The van der Waals surface area contributed by atoms with Crippen LogP contribution in [-0.4, -0.2) is 46.9 Å². The molecule has 1 aliphatic carbocycles. The monoisotopic (exact) mass is 493 g/mol. The molecule has 1 N–H and O–H groups in total.